The highest BCUT2D eigenvalue weighted by Crippen LogP contribution is 2.40. The van der Waals surface area contributed by atoms with Gasteiger partial charge in [0.25, 0.3) is 5.91 Å². The van der Waals surface area contributed by atoms with Crippen molar-refractivity contribution in [3.05, 3.63) is 54.1 Å². The summed E-state index contributed by atoms with van der Waals surface area (Å²) in [7, 11) is 1.55. The van der Waals surface area contributed by atoms with Gasteiger partial charge in [0.05, 0.1) is 19.3 Å². The molecule has 3 aromatic rings. The molecule has 1 amide bonds. The zero-order valence-corrected chi connectivity index (χ0v) is 19.1. The number of carbonyl (C=O) groups excluding carboxylic acids is 1. The van der Waals surface area contributed by atoms with Crippen molar-refractivity contribution in [2.75, 3.05) is 31.7 Å². The number of fused-ring (bicyclic) bond motifs is 2. The Morgan fingerprint density at radius 1 is 1.15 bits per heavy atom. The summed E-state index contributed by atoms with van der Waals surface area (Å²) in [6, 6.07) is 7.47. The fourth-order valence-electron chi connectivity index (χ4n) is 4.96. The van der Waals surface area contributed by atoms with Crippen LogP contribution in [0.4, 0.5) is 5.82 Å². The predicted octanol–water partition coefficient (Wildman–Crippen LogP) is 2.43. The molecule has 5 heterocycles. The van der Waals surface area contributed by atoms with Crippen LogP contribution in [0.5, 0.6) is 11.5 Å². The number of anilines is 1. The number of aromatic nitrogens is 4. The Morgan fingerprint density at radius 3 is 2.53 bits per heavy atom. The van der Waals surface area contributed by atoms with E-state index in [1.165, 1.54) is 0 Å². The second-order valence-corrected chi connectivity index (χ2v) is 8.22. The third-order valence-electron chi connectivity index (χ3n) is 6.35. The van der Waals surface area contributed by atoms with Gasteiger partial charge in [0, 0.05) is 50.0 Å². The van der Waals surface area contributed by atoms with Crippen molar-refractivity contribution in [2.24, 2.45) is 0 Å². The van der Waals surface area contributed by atoms with Gasteiger partial charge in [-0.05, 0) is 38.0 Å². The standard InChI is InChI=1S/C24H25N7O3/c1-3-34-19-8-11-26-22(30-12-4-9-28-30)20(19)24(32)29-14-17-5-6-18(15-29)31(17)23-21(33-2)16(13-25)7-10-27-23/h4,7-12,17-18H,3,5-6,14-15H2,1-2H3. The first kappa shape index (κ1) is 21.7. The molecule has 0 saturated carbocycles. The van der Waals surface area contributed by atoms with Crippen LogP contribution in [0.15, 0.2) is 43.0 Å². The van der Waals surface area contributed by atoms with E-state index in [2.05, 4.69) is 26.0 Å². The van der Waals surface area contributed by atoms with Gasteiger partial charge in [-0.1, -0.05) is 0 Å². The van der Waals surface area contributed by atoms with Gasteiger partial charge in [0.15, 0.2) is 17.4 Å². The van der Waals surface area contributed by atoms with E-state index in [-0.39, 0.29) is 18.0 Å². The van der Waals surface area contributed by atoms with Gasteiger partial charge in [0.2, 0.25) is 0 Å². The molecule has 2 saturated heterocycles. The molecule has 2 atom stereocenters. The average Bonchev–Trinajstić information content (AvgIpc) is 3.49. The van der Waals surface area contributed by atoms with E-state index in [0.29, 0.717) is 54.0 Å². The molecule has 2 aliphatic rings. The molecule has 0 aliphatic carbocycles. The maximum absolute atomic E-state index is 13.9. The van der Waals surface area contributed by atoms with Gasteiger partial charge in [-0.3, -0.25) is 4.79 Å². The average molecular weight is 460 g/mol. The summed E-state index contributed by atoms with van der Waals surface area (Å²) in [4.78, 5) is 26.9. The number of nitriles is 1. The molecule has 10 nitrogen and oxygen atoms in total. The third kappa shape index (κ3) is 3.59. The maximum atomic E-state index is 13.9. The molecule has 2 unspecified atom stereocenters. The minimum atomic E-state index is -0.135. The number of pyridine rings is 2. The van der Waals surface area contributed by atoms with Crippen LogP contribution in [0.2, 0.25) is 0 Å². The Hall–Kier alpha value is -4.13. The van der Waals surface area contributed by atoms with Crippen molar-refractivity contribution in [1.29, 1.82) is 5.26 Å². The Morgan fingerprint density at radius 2 is 1.88 bits per heavy atom. The molecule has 0 aromatic carbocycles. The Balaban J connectivity index is 1.47. The molecule has 2 aliphatic heterocycles. The van der Waals surface area contributed by atoms with E-state index in [1.807, 2.05) is 11.8 Å². The number of nitrogens with zero attached hydrogens (tertiary/aromatic N) is 7. The molecule has 10 heteroatoms. The zero-order valence-electron chi connectivity index (χ0n) is 19.1. The normalized spacial score (nSPS) is 19.1. The maximum Gasteiger partial charge on any atom is 0.261 e. The Labute approximate surface area is 197 Å². The van der Waals surface area contributed by atoms with Gasteiger partial charge in [-0.15, -0.1) is 0 Å². The highest BCUT2D eigenvalue weighted by atomic mass is 16.5. The van der Waals surface area contributed by atoms with E-state index in [1.54, 1.807) is 54.8 Å². The van der Waals surface area contributed by atoms with Gasteiger partial charge in [-0.2, -0.15) is 10.4 Å². The number of carbonyl (C=O) groups is 1. The zero-order chi connectivity index (χ0) is 23.7. The van der Waals surface area contributed by atoms with Crippen LogP contribution in [0.25, 0.3) is 5.82 Å². The van der Waals surface area contributed by atoms with Gasteiger partial charge < -0.3 is 19.3 Å². The van der Waals surface area contributed by atoms with Crippen LogP contribution >= 0.6 is 0 Å². The molecular weight excluding hydrogens is 434 g/mol. The highest BCUT2D eigenvalue weighted by Gasteiger charge is 2.44. The predicted molar refractivity (Wildman–Crippen MR) is 123 cm³/mol. The van der Waals surface area contributed by atoms with Crippen LogP contribution in [0.3, 0.4) is 0 Å². The molecule has 0 radical (unpaired) electrons. The Bertz CT molecular complexity index is 1220. The first-order chi connectivity index (χ1) is 16.7. The molecular formula is C24H25N7O3. The summed E-state index contributed by atoms with van der Waals surface area (Å²) in [6.07, 6.45) is 8.52. The van der Waals surface area contributed by atoms with Crippen molar-refractivity contribution in [2.45, 2.75) is 31.8 Å². The highest BCUT2D eigenvalue weighted by molar-refractivity contribution is 6.00. The molecule has 2 fully saturated rings. The lowest BCUT2D eigenvalue weighted by molar-refractivity contribution is 0.0712. The number of hydrogen-bond acceptors (Lipinski definition) is 8. The van der Waals surface area contributed by atoms with Crippen LogP contribution in [0, 0.1) is 11.3 Å². The summed E-state index contributed by atoms with van der Waals surface area (Å²) < 4.78 is 12.9. The number of piperazine rings is 1. The summed E-state index contributed by atoms with van der Waals surface area (Å²) in [5.41, 5.74) is 0.856. The van der Waals surface area contributed by atoms with Crippen LogP contribution in [-0.4, -0.2) is 69.4 Å². The number of likely N-dealkylation sites (tertiary alicyclic amines) is 1. The van der Waals surface area contributed by atoms with Crippen LogP contribution < -0.4 is 14.4 Å². The summed E-state index contributed by atoms with van der Waals surface area (Å²) in [5, 5.41) is 13.8. The van der Waals surface area contributed by atoms with E-state index in [9.17, 15) is 10.1 Å². The van der Waals surface area contributed by atoms with Crippen LogP contribution in [0.1, 0.15) is 35.7 Å². The van der Waals surface area contributed by atoms with E-state index in [4.69, 9.17) is 9.47 Å². The van der Waals surface area contributed by atoms with E-state index in [0.717, 1.165) is 12.8 Å². The minimum Gasteiger partial charge on any atom is -0.493 e. The first-order valence-corrected chi connectivity index (χ1v) is 11.3. The number of methoxy groups -OCH3 is 1. The second kappa shape index (κ2) is 9.02. The molecule has 3 aromatic heterocycles. The van der Waals surface area contributed by atoms with Crippen molar-refractivity contribution >= 4 is 11.7 Å². The third-order valence-corrected chi connectivity index (χ3v) is 6.35. The molecule has 174 valence electrons. The summed E-state index contributed by atoms with van der Waals surface area (Å²) in [5.74, 6) is 1.95. The van der Waals surface area contributed by atoms with Gasteiger partial charge in [-0.25, -0.2) is 14.6 Å². The van der Waals surface area contributed by atoms with Gasteiger partial charge >= 0.3 is 0 Å². The van der Waals surface area contributed by atoms with E-state index >= 15 is 0 Å². The quantitative estimate of drug-likeness (QED) is 0.553. The lowest BCUT2D eigenvalue weighted by Gasteiger charge is -2.42. The molecule has 5 rings (SSSR count). The lowest BCUT2D eigenvalue weighted by atomic mass is 10.1. The van der Waals surface area contributed by atoms with Crippen LogP contribution in [-0.2, 0) is 0 Å². The van der Waals surface area contributed by atoms with Crippen molar-refractivity contribution in [1.82, 2.24) is 24.6 Å². The van der Waals surface area contributed by atoms with Gasteiger partial charge in [0.1, 0.15) is 17.4 Å². The fourth-order valence-corrected chi connectivity index (χ4v) is 4.96. The monoisotopic (exact) mass is 459 g/mol. The Kier molecular flexibility index (Phi) is 5.76. The SMILES string of the molecule is CCOc1ccnc(-n2cccn2)c1C(=O)N1CC2CCC(C1)N2c1nccc(C#N)c1OC. The number of ether oxygens (including phenoxy) is 2. The molecule has 2 bridgehead atoms. The molecule has 34 heavy (non-hydrogen) atoms. The molecule has 0 N–H and O–H groups in total. The summed E-state index contributed by atoms with van der Waals surface area (Å²) in [6.45, 7) is 3.37. The largest absolute Gasteiger partial charge is 0.493 e. The van der Waals surface area contributed by atoms with Crippen molar-refractivity contribution < 1.29 is 14.3 Å². The smallest absolute Gasteiger partial charge is 0.261 e. The van der Waals surface area contributed by atoms with E-state index < -0.39 is 0 Å². The number of rotatable bonds is 6. The fraction of sp³-hybridized carbons (Fsp3) is 0.375. The summed E-state index contributed by atoms with van der Waals surface area (Å²) >= 11 is 0. The molecule has 0 spiro atoms. The van der Waals surface area contributed by atoms with Crippen molar-refractivity contribution in [3.8, 4) is 23.4 Å². The first-order valence-electron chi connectivity index (χ1n) is 11.3. The number of hydrogen-bond donors (Lipinski definition) is 0. The minimum absolute atomic E-state index is 0.0680. The second-order valence-electron chi connectivity index (χ2n) is 8.22. The lowest BCUT2D eigenvalue weighted by Crippen LogP contribution is -2.56. The van der Waals surface area contributed by atoms with Crippen molar-refractivity contribution in [3.63, 3.8) is 0 Å². The number of amides is 1. The topological polar surface area (TPSA) is 109 Å².